The van der Waals surface area contributed by atoms with E-state index in [1.54, 1.807) is 31.4 Å². The number of rotatable bonds is 2. The summed E-state index contributed by atoms with van der Waals surface area (Å²) in [5.74, 6) is 1.41. The number of methoxy groups -OCH3 is 2. The molecule has 116 valence electrons. The largest absolute Gasteiger partial charge is 0.481 e. The van der Waals surface area contributed by atoms with Gasteiger partial charge in [0, 0.05) is 0 Å². The maximum absolute atomic E-state index is 6.43. The average molecular weight is 341 g/mol. The quantitative estimate of drug-likeness (QED) is 0.829. The molecule has 0 fully saturated rings. The van der Waals surface area contributed by atoms with Crippen LogP contribution in [0, 0.1) is 6.92 Å². The van der Waals surface area contributed by atoms with Crippen LogP contribution in [0.5, 0.6) is 0 Å². The van der Waals surface area contributed by atoms with Crippen molar-refractivity contribution in [1.29, 1.82) is 0 Å². The van der Waals surface area contributed by atoms with Crippen LogP contribution in [0.25, 0.3) is 0 Å². The van der Waals surface area contributed by atoms with Crippen LogP contribution in [0.15, 0.2) is 34.1 Å². The molecular formula is C14H14Cl2N4O2. The smallest absolute Gasteiger partial charge is 0.252 e. The highest BCUT2D eigenvalue weighted by Gasteiger charge is 2.35. The van der Waals surface area contributed by atoms with Crippen LogP contribution in [-0.2, 0) is 9.47 Å². The maximum atomic E-state index is 6.43. The summed E-state index contributed by atoms with van der Waals surface area (Å²) in [7, 11) is 3.11. The van der Waals surface area contributed by atoms with Gasteiger partial charge in [-0.1, -0.05) is 29.3 Å². The lowest BCUT2D eigenvalue weighted by atomic mass is 10.2. The second-order valence-corrected chi connectivity index (χ2v) is 5.46. The minimum absolute atomic E-state index is 0.333. The Morgan fingerprint density at radius 3 is 2.64 bits per heavy atom. The van der Waals surface area contributed by atoms with Crippen molar-refractivity contribution in [3.8, 4) is 0 Å². The predicted molar refractivity (Wildman–Crippen MR) is 87.4 cm³/mol. The third-order valence-electron chi connectivity index (χ3n) is 3.38. The third-order valence-corrected chi connectivity index (χ3v) is 4.16. The monoisotopic (exact) mass is 340 g/mol. The van der Waals surface area contributed by atoms with E-state index in [-0.39, 0.29) is 0 Å². The van der Waals surface area contributed by atoms with E-state index in [1.807, 2.05) is 18.0 Å². The van der Waals surface area contributed by atoms with Gasteiger partial charge in [0.15, 0.2) is 0 Å². The number of halogens is 2. The Balaban J connectivity index is 2.06. The van der Waals surface area contributed by atoms with E-state index < -0.39 is 0 Å². The van der Waals surface area contributed by atoms with Gasteiger partial charge in [0.05, 0.1) is 36.0 Å². The van der Waals surface area contributed by atoms with Crippen LogP contribution in [-0.4, -0.2) is 37.8 Å². The first-order valence-electron chi connectivity index (χ1n) is 6.51. The van der Waals surface area contributed by atoms with Crippen molar-refractivity contribution in [2.75, 3.05) is 25.9 Å². The first-order chi connectivity index (χ1) is 10.6. The number of nitrogens with zero attached hydrogens (tertiary/aromatic N) is 4. The van der Waals surface area contributed by atoms with Crippen molar-refractivity contribution in [3.63, 3.8) is 0 Å². The standard InChI is InChI=1S/C14H14Cl2N4O2/c1-8-4-5-9(15)13(12(8)16)19-7-17-14-18-10(21-2)6-11(22-3)20(14)19/h4-6H,7H2,1-3H3. The number of anilines is 1. The zero-order valence-corrected chi connectivity index (χ0v) is 13.8. The van der Waals surface area contributed by atoms with Crippen molar-refractivity contribution in [2.45, 2.75) is 6.92 Å². The van der Waals surface area contributed by atoms with E-state index >= 15 is 0 Å². The van der Waals surface area contributed by atoms with Gasteiger partial charge in [0.25, 0.3) is 5.96 Å². The van der Waals surface area contributed by atoms with Gasteiger partial charge < -0.3 is 9.47 Å². The van der Waals surface area contributed by atoms with Crippen LogP contribution >= 0.6 is 23.2 Å². The molecule has 3 rings (SSSR count). The molecule has 0 N–H and O–H groups in total. The zero-order chi connectivity index (χ0) is 15.9. The Morgan fingerprint density at radius 1 is 1.18 bits per heavy atom. The number of hydrazine groups is 1. The Kier molecular flexibility index (Phi) is 3.88. The van der Waals surface area contributed by atoms with Crippen LogP contribution in [0.3, 0.4) is 0 Å². The first kappa shape index (κ1) is 15.0. The van der Waals surface area contributed by atoms with Gasteiger partial charge >= 0.3 is 0 Å². The number of guanidine groups is 1. The van der Waals surface area contributed by atoms with Crippen LogP contribution in [0.1, 0.15) is 5.56 Å². The summed E-state index contributed by atoms with van der Waals surface area (Å²) in [5.41, 5.74) is 1.59. The third kappa shape index (κ3) is 2.28. The number of ether oxygens (including phenoxy) is 2. The molecule has 0 radical (unpaired) electrons. The van der Waals surface area contributed by atoms with E-state index in [0.29, 0.717) is 40.1 Å². The molecule has 0 bridgehead atoms. The van der Waals surface area contributed by atoms with E-state index in [4.69, 9.17) is 32.7 Å². The number of aliphatic imine (C=N–C) groups is 2. The molecule has 0 aliphatic carbocycles. The lowest BCUT2D eigenvalue weighted by Gasteiger charge is -2.33. The summed E-state index contributed by atoms with van der Waals surface area (Å²) in [6.07, 6.45) is 1.68. The first-order valence-corrected chi connectivity index (χ1v) is 7.27. The van der Waals surface area contributed by atoms with E-state index in [1.165, 1.54) is 0 Å². The second kappa shape index (κ2) is 5.70. The molecule has 0 saturated heterocycles. The van der Waals surface area contributed by atoms with Crippen LogP contribution in [0.2, 0.25) is 10.0 Å². The molecule has 6 nitrogen and oxygen atoms in total. The second-order valence-electron chi connectivity index (χ2n) is 4.68. The van der Waals surface area contributed by atoms with Gasteiger partial charge in [-0.15, -0.1) is 0 Å². The molecule has 8 heteroatoms. The molecular weight excluding hydrogens is 327 g/mol. The Labute approximate surface area is 138 Å². The van der Waals surface area contributed by atoms with E-state index in [2.05, 4.69) is 9.98 Å². The van der Waals surface area contributed by atoms with Gasteiger partial charge in [0.2, 0.25) is 11.8 Å². The van der Waals surface area contributed by atoms with Crippen molar-refractivity contribution in [1.82, 2.24) is 5.01 Å². The molecule has 0 aromatic heterocycles. The van der Waals surface area contributed by atoms with Crippen LogP contribution < -0.4 is 5.01 Å². The highest BCUT2D eigenvalue weighted by molar-refractivity contribution is 6.39. The normalized spacial score (nSPS) is 16.9. The van der Waals surface area contributed by atoms with Gasteiger partial charge in [-0.05, 0) is 18.6 Å². The van der Waals surface area contributed by atoms with Crippen molar-refractivity contribution < 1.29 is 9.47 Å². The minimum atomic E-state index is 0.333. The fourth-order valence-electron chi connectivity index (χ4n) is 2.27. The summed E-state index contributed by atoms with van der Waals surface area (Å²) >= 11 is 12.8. The predicted octanol–water partition coefficient (Wildman–Crippen LogP) is 3.20. The molecule has 2 heterocycles. The number of hydrogen-bond acceptors (Lipinski definition) is 6. The van der Waals surface area contributed by atoms with Gasteiger partial charge in [-0.3, -0.25) is 5.01 Å². The van der Waals surface area contributed by atoms with Gasteiger partial charge in [-0.25, -0.2) is 4.99 Å². The Bertz CT molecular complexity index is 715. The number of benzene rings is 1. The number of hydrogen-bond donors (Lipinski definition) is 0. The molecule has 1 aromatic carbocycles. The summed E-state index contributed by atoms with van der Waals surface area (Å²) in [6, 6.07) is 3.68. The Morgan fingerprint density at radius 2 is 1.95 bits per heavy atom. The van der Waals surface area contributed by atoms with Crippen molar-refractivity contribution >= 4 is 40.7 Å². The molecule has 0 saturated carbocycles. The van der Waals surface area contributed by atoms with E-state index in [9.17, 15) is 0 Å². The van der Waals surface area contributed by atoms with Gasteiger partial charge in [-0.2, -0.15) is 10.0 Å². The molecule has 0 spiro atoms. The zero-order valence-electron chi connectivity index (χ0n) is 12.3. The summed E-state index contributed by atoms with van der Waals surface area (Å²) < 4.78 is 10.6. The van der Waals surface area contributed by atoms with Crippen molar-refractivity contribution in [3.05, 3.63) is 39.7 Å². The van der Waals surface area contributed by atoms with Crippen molar-refractivity contribution in [2.24, 2.45) is 9.98 Å². The van der Waals surface area contributed by atoms with Gasteiger partial charge in [0.1, 0.15) is 6.67 Å². The van der Waals surface area contributed by atoms with Crippen LogP contribution in [0.4, 0.5) is 5.69 Å². The Hall–Kier alpha value is -1.92. The molecule has 0 unspecified atom stereocenters. The average Bonchev–Trinajstić information content (AvgIpc) is 2.94. The minimum Gasteiger partial charge on any atom is -0.481 e. The number of aryl methyl sites for hydroxylation is 1. The van der Waals surface area contributed by atoms with E-state index in [0.717, 1.165) is 5.56 Å². The molecule has 22 heavy (non-hydrogen) atoms. The molecule has 2 aliphatic rings. The summed E-state index contributed by atoms with van der Waals surface area (Å²) in [4.78, 5) is 8.69. The topological polar surface area (TPSA) is 49.7 Å². The lowest BCUT2D eigenvalue weighted by molar-refractivity contribution is 0.198. The highest BCUT2D eigenvalue weighted by Crippen LogP contribution is 2.39. The number of fused-ring (bicyclic) bond motifs is 1. The SMILES string of the molecule is COC1=CC(OC)=NC2=NCN(c3c(Cl)ccc(C)c3Cl)N12. The molecule has 0 atom stereocenters. The summed E-state index contributed by atoms with van der Waals surface area (Å²) in [6.45, 7) is 2.25. The molecule has 2 aliphatic heterocycles. The summed E-state index contributed by atoms with van der Waals surface area (Å²) in [5, 5.41) is 4.64. The molecule has 0 amide bonds. The maximum Gasteiger partial charge on any atom is 0.252 e. The highest BCUT2D eigenvalue weighted by atomic mass is 35.5. The fraction of sp³-hybridized carbons (Fsp3) is 0.286. The lowest BCUT2D eigenvalue weighted by Crippen LogP contribution is -2.43. The molecule has 1 aromatic rings. The fourth-order valence-corrected chi connectivity index (χ4v) is 2.83.